The van der Waals surface area contributed by atoms with Crippen LogP contribution in [-0.4, -0.2) is 21.9 Å². The maximum atomic E-state index is 11.8. The fourth-order valence-corrected chi connectivity index (χ4v) is 2.11. The van der Waals surface area contributed by atoms with Gasteiger partial charge in [0.1, 0.15) is 12.0 Å². The van der Waals surface area contributed by atoms with Gasteiger partial charge in [0.05, 0.1) is 0 Å². The SMILES string of the molecule is O=C(NC1CCCCCC1)c1ccncn1. The van der Waals surface area contributed by atoms with Crippen molar-refractivity contribution >= 4 is 5.91 Å². The molecule has 1 amide bonds. The molecule has 1 aromatic rings. The standard InChI is InChI=1S/C12H17N3O/c16-12(11-7-8-13-9-14-11)15-10-5-3-1-2-4-6-10/h7-10H,1-6H2,(H,15,16). The molecule has 4 nitrogen and oxygen atoms in total. The van der Waals surface area contributed by atoms with E-state index in [1.165, 1.54) is 32.0 Å². The van der Waals surface area contributed by atoms with Gasteiger partial charge in [-0.25, -0.2) is 9.97 Å². The van der Waals surface area contributed by atoms with E-state index < -0.39 is 0 Å². The molecule has 0 unspecified atom stereocenters. The summed E-state index contributed by atoms with van der Waals surface area (Å²) in [7, 11) is 0. The molecule has 0 atom stereocenters. The normalized spacial score (nSPS) is 17.8. The van der Waals surface area contributed by atoms with Crippen molar-refractivity contribution in [3.05, 3.63) is 24.3 Å². The molecular formula is C12H17N3O. The lowest BCUT2D eigenvalue weighted by molar-refractivity contribution is 0.0928. The first kappa shape index (κ1) is 11.0. The number of nitrogens with one attached hydrogen (secondary N) is 1. The second-order valence-corrected chi connectivity index (χ2v) is 4.26. The summed E-state index contributed by atoms with van der Waals surface area (Å²) in [6.07, 6.45) is 10.2. The number of hydrogen-bond acceptors (Lipinski definition) is 3. The first-order valence-corrected chi connectivity index (χ1v) is 5.93. The predicted molar refractivity (Wildman–Crippen MR) is 61.0 cm³/mol. The molecule has 1 heterocycles. The topological polar surface area (TPSA) is 54.9 Å². The Labute approximate surface area is 95.5 Å². The quantitative estimate of drug-likeness (QED) is 0.773. The zero-order chi connectivity index (χ0) is 11.2. The highest BCUT2D eigenvalue weighted by atomic mass is 16.1. The molecule has 4 heteroatoms. The van der Waals surface area contributed by atoms with Gasteiger partial charge in [-0.05, 0) is 18.9 Å². The van der Waals surface area contributed by atoms with Gasteiger partial charge in [-0.15, -0.1) is 0 Å². The number of carbonyl (C=O) groups excluding carboxylic acids is 1. The summed E-state index contributed by atoms with van der Waals surface area (Å²) in [6.45, 7) is 0. The van der Waals surface area contributed by atoms with Crippen LogP contribution in [0.4, 0.5) is 0 Å². The van der Waals surface area contributed by atoms with Gasteiger partial charge in [0.15, 0.2) is 0 Å². The number of carbonyl (C=O) groups is 1. The van der Waals surface area contributed by atoms with Gasteiger partial charge in [0, 0.05) is 12.2 Å². The molecular weight excluding hydrogens is 202 g/mol. The van der Waals surface area contributed by atoms with Gasteiger partial charge in [0.2, 0.25) is 0 Å². The molecule has 0 bridgehead atoms. The van der Waals surface area contributed by atoms with Crippen LogP contribution in [0.1, 0.15) is 49.0 Å². The van der Waals surface area contributed by atoms with Crippen molar-refractivity contribution in [3.8, 4) is 0 Å². The molecule has 0 spiro atoms. The summed E-state index contributed by atoms with van der Waals surface area (Å²) >= 11 is 0. The highest BCUT2D eigenvalue weighted by Crippen LogP contribution is 2.17. The third-order valence-electron chi connectivity index (χ3n) is 3.00. The van der Waals surface area contributed by atoms with E-state index in [1.54, 1.807) is 12.3 Å². The summed E-state index contributed by atoms with van der Waals surface area (Å²) in [6, 6.07) is 1.97. The van der Waals surface area contributed by atoms with Gasteiger partial charge < -0.3 is 5.32 Å². The first-order chi connectivity index (χ1) is 7.86. The minimum Gasteiger partial charge on any atom is -0.348 e. The number of amides is 1. The first-order valence-electron chi connectivity index (χ1n) is 5.93. The van der Waals surface area contributed by atoms with Crippen LogP contribution in [-0.2, 0) is 0 Å². The molecule has 0 aromatic carbocycles. The summed E-state index contributed by atoms with van der Waals surface area (Å²) in [4.78, 5) is 19.6. The third kappa shape index (κ3) is 3.02. The Bertz CT molecular complexity index is 331. The van der Waals surface area contributed by atoms with Gasteiger partial charge >= 0.3 is 0 Å². The van der Waals surface area contributed by atoms with Crippen LogP contribution in [0.2, 0.25) is 0 Å². The third-order valence-corrected chi connectivity index (χ3v) is 3.00. The van der Waals surface area contributed by atoms with Crippen LogP contribution >= 0.6 is 0 Å². The minimum absolute atomic E-state index is 0.0747. The zero-order valence-corrected chi connectivity index (χ0v) is 9.35. The monoisotopic (exact) mass is 219 g/mol. The Morgan fingerprint density at radius 2 is 2.00 bits per heavy atom. The smallest absolute Gasteiger partial charge is 0.270 e. The number of hydrogen-bond donors (Lipinski definition) is 1. The fourth-order valence-electron chi connectivity index (χ4n) is 2.11. The second-order valence-electron chi connectivity index (χ2n) is 4.26. The molecule has 1 aliphatic rings. The summed E-state index contributed by atoms with van der Waals surface area (Å²) in [5.41, 5.74) is 0.458. The van der Waals surface area contributed by atoms with E-state index >= 15 is 0 Å². The number of aromatic nitrogens is 2. The molecule has 1 aliphatic carbocycles. The lowest BCUT2D eigenvalue weighted by Gasteiger charge is -2.15. The Kier molecular flexibility index (Phi) is 3.86. The van der Waals surface area contributed by atoms with E-state index in [0.717, 1.165) is 12.8 Å². The Balaban J connectivity index is 1.91. The molecule has 86 valence electrons. The summed E-state index contributed by atoms with van der Waals surface area (Å²) < 4.78 is 0. The Morgan fingerprint density at radius 1 is 1.25 bits per heavy atom. The molecule has 1 saturated carbocycles. The van der Waals surface area contributed by atoms with E-state index in [9.17, 15) is 4.79 Å². The van der Waals surface area contributed by atoms with E-state index in [0.29, 0.717) is 11.7 Å². The summed E-state index contributed by atoms with van der Waals surface area (Å²) in [5.74, 6) is -0.0747. The van der Waals surface area contributed by atoms with Crippen molar-refractivity contribution in [2.45, 2.75) is 44.6 Å². The largest absolute Gasteiger partial charge is 0.348 e. The van der Waals surface area contributed by atoms with Crippen molar-refractivity contribution in [1.29, 1.82) is 0 Å². The van der Waals surface area contributed by atoms with Gasteiger partial charge in [-0.2, -0.15) is 0 Å². The van der Waals surface area contributed by atoms with Crippen LogP contribution in [0.3, 0.4) is 0 Å². The molecule has 0 aliphatic heterocycles. The van der Waals surface area contributed by atoms with Crippen LogP contribution < -0.4 is 5.32 Å². The van der Waals surface area contributed by atoms with E-state index in [-0.39, 0.29) is 5.91 Å². The molecule has 0 radical (unpaired) electrons. The van der Waals surface area contributed by atoms with Crippen molar-refractivity contribution < 1.29 is 4.79 Å². The van der Waals surface area contributed by atoms with Crippen LogP contribution in [0, 0.1) is 0 Å². The van der Waals surface area contributed by atoms with Crippen LogP contribution in [0.5, 0.6) is 0 Å². The Morgan fingerprint density at radius 3 is 2.62 bits per heavy atom. The summed E-state index contributed by atoms with van der Waals surface area (Å²) in [5, 5.41) is 3.05. The molecule has 0 saturated heterocycles. The van der Waals surface area contributed by atoms with Crippen LogP contribution in [0.25, 0.3) is 0 Å². The van der Waals surface area contributed by atoms with E-state index in [2.05, 4.69) is 15.3 Å². The lowest BCUT2D eigenvalue weighted by Crippen LogP contribution is -2.34. The average Bonchev–Trinajstić information content (AvgIpc) is 2.59. The van der Waals surface area contributed by atoms with E-state index in [1.807, 2.05) is 0 Å². The van der Waals surface area contributed by atoms with Crippen molar-refractivity contribution in [2.75, 3.05) is 0 Å². The zero-order valence-electron chi connectivity index (χ0n) is 9.35. The maximum Gasteiger partial charge on any atom is 0.270 e. The highest BCUT2D eigenvalue weighted by molar-refractivity contribution is 5.92. The maximum absolute atomic E-state index is 11.8. The number of rotatable bonds is 2. The minimum atomic E-state index is -0.0747. The van der Waals surface area contributed by atoms with Crippen molar-refractivity contribution in [2.24, 2.45) is 0 Å². The lowest BCUT2D eigenvalue weighted by atomic mass is 10.1. The highest BCUT2D eigenvalue weighted by Gasteiger charge is 2.15. The molecule has 1 aromatic heterocycles. The fraction of sp³-hybridized carbons (Fsp3) is 0.583. The molecule has 1 fully saturated rings. The predicted octanol–water partition coefficient (Wildman–Crippen LogP) is 1.93. The Hall–Kier alpha value is -1.45. The van der Waals surface area contributed by atoms with Crippen molar-refractivity contribution in [1.82, 2.24) is 15.3 Å². The molecule has 2 rings (SSSR count). The van der Waals surface area contributed by atoms with Crippen LogP contribution in [0.15, 0.2) is 18.6 Å². The van der Waals surface area contributed by atoms with E-state index in [4.69, 9.17) is 0 Å². The van der Waals surface area contributed by atoms with Gasteiger partial charge in [0.25, 0.3) is 5.91 Å². The molecule has 1 N–H and O–H groups in total. The van der Waals surface area contributed by atoms with Gasteiger partial charge in [-0.3, -0.25) is 4.79 Å². The van der Waals surface area contributed by atoms with Crippen molar-refractivity contribution in [3.63, 3.8) is 0 Å². The molecule has 16 heavy (non-hydrogen) atoms. The number of nitrogens with zero attached hydrogens (tertiary/aromatic N) is 2. The van der Waals surface area contributed by atoms with Gasteiger partial charge in [-0.1, -0.05) is 25.7 Å². The average molecular weight is 219 g/mol. The second kappa shape index (κ2) is 5.58.